The Morgan fingerprint density at radius 1 is 1.35 bits per heavy atom. The van der Waals surface area contributed by atoms with Crippen LogP contribution in [-0.4, -0.2) is 38.3 Å². The van der Waals surface area contributed by atoms with Crippen LogP contribution in [0.25, 0.3) is 0 Å². The molecule has 1 saturated heterocycles. The van der Waals surface area contributed by atoms with Gasteiger partial charge in [-0.05, 0) is 19.8 Å². The van der Waals surface area contributed by atoms with Crippen molar-refractivity contribution in [3.05, 3.63) is 12.4 Å². The molecule has 2 rings (SSSR count). The number of nitrogens with zero attached hydrogens (tertiary/aromatic N) is 2. The summed E-state index contributed by atoms with van der Waals surface area (Å²) in [5, 5.41) is 6.53. The van der Waals surface area contributed by atoms with Crippen molar-refractivity contribution in [2.24, 2.45) is 0 Å². The average Bonchev–Trinajstić information content (AvgIpc) is 2.33. The van der Waals surface area contributed by atoms with Crippen LogP contribution < -0.4 is 10.6 Å². The Kier molecular flexibility index (Phi) is 4.30. The first-order chi connectivity index (χ1) is 8.28. The van der Waals surface area contributed by atoms with E-state index in [9.17, 15) is 4.21 Å². The molecule has 1 aromatic rings. The van der Waals surface area contributed by atoms with Gasteiger partial charge in [0.15, 0.2) is 0 Å². The van der Waals surface area contributed by atoms with E-state index in [-0.39, 0.29) is 0 Å². The molecule has 0 radical (unpaired) electrons. The van der Waals surface area contributed by atoms with Crippen LogP contribution in [0, 0.1) is 0 Å². The molecule has 0 atom stereocenters. The van der Waals surface area contributed by atoms with Gasteiger partial charge in [0.2, 0.25) is 0 Å². The predicted molar refractivity (Wildman–Crippen MR) is 70.7 cm³/mol. The molecule has 0 amide bonds. The minimum Gasteiger partial charge on any atom is -0.370 e. The summed E-state index contributed by atoms with van der Waals surface area (Å²) in [7, 11) is -0.611. The highest BCUT2D eigenvalue weighted by atomic mass is 32.2. The van der Waals surface area contributed by atoms with Gasteiger partial charge in [0, 0.05) is 41.0 Å². The van der Waals surface area contributed by atoms with E-state index < -0.39 is 10.8 Å². The molecule has 94 valence electrons. The third kappa shape index (κ3) is 3.66. The molecule has 1 aliphatic heterocycles. The first-order valence-corrected chi connectivity index (χ1v) is 7.44. The van der Waals surface area contributed by atoms with E-state index in [0.717, 1.165) is 42.5 Å². The molecule has 5 nitrogen and oxygen atoms in total. The Morgan fingerprint density at radius 3 is 2.76 bits per heavy atom. The van der Waals surface area contributed by atoms with Crippen LogP contribution in [0.3, 0.4) is 0 Å². The fourth-order valence-electron chi connectivity index (χ4n) is 1.86. The van der Waals surface area contributed by atoms with Crippen LogP contribution in [0.4, 0.5) is 11.6 Å². The molecule has 6 heteroatoms. The zero-order valence-electron chi connectivity index (χ0n) is 9.98. The molecule has 1 aromatic heterocycles. The Bertz CT molecular complexity index is 389. The molecule has 17 heavy (non-hydrogen) atoms. The zero-order chi connectivity index (χ0) is 12.1. The van der Waals surface area contributed by atoms with E-state index in [1.54, 1.807) is 6.33 Å². The van der Waals surface area contributed by atoms with E-state index in [1.807, 2.05) is 13.0 Å². The monoisotopic (exact) mass is 254 g/mol. The topological polar surface area (TPSA) is 66.9 Å². The lowest BCUT2D eigenvalue weighted by Crippen LogP contribution is -2.29. The van der Waals surface area contributed by atoms with Crippen LogP contribution in [0.15, 0.2) is 12.4 Å². The SMILES string of the molecule is CCNc1cc(NC2CCS(=O)CC2)ncn1. The number of rotatable bonds is 4. The first-order valence-electron chi connectivity index (χ1n) is 5.95. The second-order valence-corrected chi connectivity index (χ2v) is 5.78. The number of nitrogens with one attached hydrogen (secondary N) is 2. The van der Waals surface area contributed by atoms with Gasteiger partial charge < -0.3 is 10.6 Å². The van der Waals surface area contributed by atoms with Crippen molar-refractivity contribution in [1.29, 1.82) is 0 Å². The second kappa shape index (κ2) is 5.95. The molecule has 0 aliphatic carbocycles. The molecule has 1 aliphatic rings. The Hall–Kier alpha value is -1.17. The highest BCUT2D eigenvalue weighted by molar-refractivity contribution is 7.85. The summed E-state index contributed by atoms with van der Waals surface area (Å²) in [4.78, 5) is 8.32. The summed E-state index contributed by atoms with van der Waals surface area (Å²) < 4.78 is 11.2. The van der Waals surface area contributed by atoms with Gasteiger partial charge in [-0.2, -0.15) is 0 Å². The Labute approximate surface area is 104 Å². The van der Waals surface area contributed by atoms with Crippen LogP contribution in [0.5, 0.6) is 0 Å². The van der Waals surface area contributed by atoms with Crippen molar-refractivity contribution in [3.8, 4) is 0 Å². The summed E-state index contributed by atoms with van der Waals surface area (Å²) in [6.45, 7) is 2.88. The van der Waals surface area contributed by atoms with Crippen molar-refractivity contribution in [2.45, 2.75) is 25.8 Å². The van der Waals surface area contributed by atoms with Crippen LogP contribution in [0.1, 0.15) is 19.8 Å². The number of aromatic nitrogens is 2. The van der Waals surface area contributed by atoms with Gasteiger partial charge in [-0.1, -0.05) is 0 Å². The number of hydrogen-bond donors (Lipinski definition) is 2. The molecule has 0 saturated carbocycles. The van der Waals surface area contributed by atoms with Crippen molar-refractivity contribution >= 4 is 22.4 Å². The number of anilines is 2. The van der Waals surface area contributed by atoms with Gasteiger partial charge in [0.05, 0.1) is 0 Å². The van der Waals surface area contributed by atoms with Crippen molar-refractivity contribution < 1.29 is 4.21 Å². The standard InChI is InChI=1S/C11H18N4OS/c1-2-12-10-7-11(14-8-13-10)15-9-3-5-17(16)6-4-9/h7-9H,2-6H2,1H3,(H2,12,13,14,15). The molecule has 0 aromatic carbocycles. The van der Waals surface area contributed by atoms with Gasteiger partial charge in [0.1, 0.15) is 18.0 Å². The van der Waals surface area contributed by atoms with Crippen LogP contribution in [0.2, 0.25) is 0 Å². The van der Waals surface area contributed by atoms with E-state index in [4.69, 9.17) is 0 Å². The molecule has 0 spiro atoms. The second-order valence-electron chi connectivity index (χ2n) is 4.09. The van der Waals surface area contributed by atoms with E-state index in [2.05, 4.69) is 20.6 Å². The van der Waals surface area contributed by atoms with Gasteiger partial charge >= 0.3 is 0 Å². The largest absolute Gasteiger partial charge is 0.370 e. The van der Waals surface area contributed by atoms with Crippen LogP contribution in [-0.2, 0) is 10.8 Å². The summed E-state index contributed by atoms with van der Waals surface area (Å²) in [5.74, 6) is 3.27. The first kappa shape index (κ1) is 12.3. The summed E-state index contributed by atoms with van der Waals surface area (Å²) in [6, 6.07) is 2.30. The fourth-order valence-corrected chi connectivity index (χ4v) is 3.16. The van der Waals surface area contributed by atoms with Crippen molar-refractivity contribution in [3.63, 3.8) is 0 Å². The molecular weight excluding hydrogens is 236 g/mol. The highest BCUT2D eigenvalue weighted by Gasteiger charge is 2.17. The number of hydrogen-bond acceptors (Lipinski definition) is 5. The third-order valence-corrected chi connectivity index (χ3v) is 4.15. The zero-order valence-corrected chi connectivity index (χ0v) is 10.8. The smallest absolute Gasteiger partial charge is 0.131 e. The average molecular weight is 254 g/mol. The maximum atomic E-state index is 11.2. The summed E-state index contributed by atoms with van der Waals surface area (Å²) in [6.07, 6.45) is 3.46. The maximum absolute atomic E-state index is 11.2. The molecule has 2 N–H and O–H groups in total. The van der Waals surface area contributed by atoms with Crippen molar-refractivity contribution in [1.82, 2.24) is 9.97 Å². The van der Waals surface area contributed by atoms with Gasteiger partial charge in [-0.3, -0.25) is 4.21 Å². The molecule has 0 unspecified atom stereocenters. The van der Waals surface area contributed by atoms with Gasteiger partial charge in [-0.25, -0.2) is 9.97 Å². The fraction of sp³-hybridized carbons (Fsp3) is 0.636. The summed E-state index contributed by atoms with van der Waals surface area (Å²) in [5.41, 5.74) is 0. The predicted octanol–water partition coefficient (Wildman–Crippen LogP) is 1.23. The molecule has 1 fully saturated rings. The Balaban J connectivity index is 1.93. The summed E-state index contributed by atoms with van der Waals surface area (Å²) >= 11 is 0. The van der Waals surface area contributed by atoms with E-state index >= 15 is 0 Å². The lowest BCUT2D eigenvalue weighted by Gasteiger charge is -2.23. The Morgan fingerprint density at radius 2 is 2.06 bits per heavy atom. The van der Waals surface area contributed by atoms with E-state index in [0.29, 0.717) is 6.04 Å². The quantitative estimate of drug-likeness (QED) is 0.846. The van der Waals surface area contributed by atoms with Crippen LogP contribution >= 0.6 is 0 Å². The molecule has 0 bridgehead atoms. The van der Waals surface area contributed by atoms with E-state index in [1.165, 1.54) is 0 Å². The highest BCUT2D eigenvalue weighted by Crippen LogP contribution is 2.16. The van der Waals surface area contributed by atoms with Gasteiger partial charge in [0.25, 0.3) is 0 Å². The third-order valence-electron chi connectivity index (χ3n) is 2.76. The maximum Gasteiger partial charge on any atom is 0.131 e. The molecule has 2 heterocycles. The minimum atomic E-state index is -0.611. The normalized spacial score (nSPS) is 24.3. The van der Waals surface area contributed by atoms with Crippen molar-refractivity contribution in [2.75, 3.05) is 28.7 Å². The van der Waals surface area contributed by atoms with Gasteiger partial charge in [-0.15, -0.1) is 0 Å². The minimum absolute atomic E-state index is 0.386. The molecular formula is C11H18N4OS. The lowest BCUT2D eigenvalue weighted by atomic mass is 10.1. The lowest BCUT2D eigenvalue weighted by molar-refractivity contribution is 0.622.